The number of rotatable bonds is 3. The number of aryl methyl sites for hydroxylation is 1. The first-order valence-corrected chi connectivity index (χ1v) is 6.99. The Hall–Kier alpha value is -2.88. The molecule has 0 bridgehead atoms. The van der Waals surface area contributed by atoms with Crippen molar-refractivity contribution in [3.63, 3.8) is 0 Å². The van der Waals surface area contributed by atoms with Gasteiger partial charge in [0.1, 0.15) is 5.75 Å². The predicted octanol–water partition coefficient (Wildman–Crippen LogP) is 3.80. The van der Waals surface area contributed by atoms with Gasteiger partial charge >= 0.3 is 0 Å². The van der Waals surface area contributed by atoms with E-state index in [9.17, 15) is 4.79 Å². The van der Waals surface area contributed by atoms with Crippen LogP contribution in [0.4, 0.5) is 5.69 Å². The Morgan fingerprint density at radius 3 is 2.59 bits per heavy atom. The highest BCUT2D eigenvalue weighted by Crippen LogP contribution is 2.24. The zero-order chi connectivity index (χ0) is 15.5. The van der Waals surface area contributed by atoms with Gasteiger partial charge in [0.15, 0.2) is 0 Å². The molecule has 0 aliphatic heterocycles. The van der Waals surface area contributed by atoms with Crippen LogP contribution in [0, 0.1) is 6.92 Å². The third-order valence-corrected chi connectivity index (χ3v) is 3.57. The standard InChI is InChI=1S/C18H16N2O2/c1-12-4-3-5-15-16(10-11-19-17(12)15)20-18(21)13-6-8-14(22-2)9-7-13/h3-11H,1-2H3,(H,19,20,21). The van der Waals surface area contributed by atoms with Crippen molar-refractivity contribution in [1.29, 1.82) is 0 Å². The minimum absolute atomic E-state index is 0.156. The van der Waals surface area contributed by atoms with E-state index in [1.807, 2.05) is 31.2 Å². The van der Waals surface area contributed by atoms with Crippen LogP contribution >= 0.6 is 0 Å². The number of nitrogens with one attached hydrogen (secondary N) is 1. The maximum Gasteiger partial charge on any atom is 0.255 e. The number of nitrogens with zero attached hydrogens (tertiary/aromatic N) is 1. The highest BCUT2D eigenvalue weighted by molar-refractivity contribution is 6.08. The number of carbonyl (C=O) groups is 1. The SMILES string of the molecule is COc1ccc(C(=O)Nc2ccnc3c(C)cccc23)cc1. The topological polar surface area (TPSA) is 51.2 Å². The number of ether oxygens (including phenoxy) is 1. The van der Waals surface area contributed by atoms with Crippen molar-refractivity contribution in [1.82, 2.24) is 4.98 Å². The lowest BCUT2D eigenvalue weighted by molar-refractivity contribution is 0.102. The molecule has 0 saturated heterocycles. The molecule has 4 heteroatoms. The summed E-state index contributed by atoms with van der Waals surface area (Å²) >= 11 is 0. The van der Waals surface area contributed by atoms with Gasteiger partial charge in [-0.1, -0.05) is 18.2 Å². The van der Waals surface area contributed by atoms with Gasteiger partial charge in [-0.15, -0.1) is 0 Å². The summed E-state index contributed by atoms with van der Waals surface area (Å²) in [6.45, 7) is 2.00. The summed E-state index contributed by atoms with van der Waals surface area (Å²) < 4.78 is 5.10. The van der Waals surface area contributed by atoms with E-state index in [1.54, 1.807) is 37.6 Å². The van der Waals surface area contributed by atoms with Crippen molar-refractivity contribution in [2.45, 2.75) is 6.92 Å². The van der Waals surface area contributed by atoms with Gasteiger partial charge in [-0.25, -0.2) is 0 Å². The number of methoxy groups -OCH3 is 1. The Bertz CT molecular complexity index is 826. The summed E-state index contributed by atoms with van der Waals surface area (Å²) in [7, 11) is 1.60. The van der Waals surface area contributed by atoms with Crippen molar-refractivity contribution in [3.05, 3.63) is 65.9 Å². The Morgan fingerprint density at radius 1 is 1.09 bits per heavy atom. The summed E-state index contributed by atoms with van der Waals surface area (Å²) in [5.41, 5.74) is 3.32. The molecule has 3 rings (SSSR count). The van der Waals surface area contributed by atoms with Gasteiger partial charge in [-0.05, 0) is 42.8 Å². The third-order valence-electron chi connectivity index (χ3n) is 3.57. The van der Waals surface area contributed by atoms with Crippen LogP contribution in [-0.2, 0) is 0 Å². The van der Waals surface area contributed by atoms with E-state index in [0.717, 1.165) is 27.9 Å². The van der Waals surface area contributed by atoms with Crippen LogP contribution in [0.5, 0.6) is 5.75 Å². The average Bonchev–Trinajstić information content (AvgIpc) is 2.56. The van der Waals surface area contributed by atoms with E-state index in [1.165, 1.54) is 0 Å². The van der Waals surface area contributed by atoms with Crippen molar-refractivity contribution in [2.75, 3.05) is 12.4 Å². The number of hydrogen-bond donors (Lipinski definition) is 1. The number of fused-ring (bicyclic) bond motifs is 1. The van der Waals surface area contributed by atoms with Gasteiger partial charge in [0, 0.05) is 17.1 Å². The lowest BCUT2D eigenvalue weighted by atomic mass is 10.1. The van der Waals surface area contributed by atoms with Gasteiger partial charge in [-0.3, -0.25) is 9.78 Å². The molecule has 0 spiro atoms. The molecule has 0 radical (unpaired) electrons. The zero-order valence-electron chi connectivity index (χ0n) is 12.5. The number of pyridine rings is 1. The number of aromatic nitrogens is 1. The number of benzene rings is 2. The first-order chi connectivity index (χ1) is 10.7. The number of carbonyl (C=O) groups excluding carboxylic acids is 1. The minimum atomic E-state index is -0.156. The average molecular weight is 292 g/mol. The summed E-state index contributed by atoms with van der Waals surface area (Å²) in [5.74, 6) is 0.568. The van der Waals surface area contributed by atoms with E-state index in [4.69, 9.17) is 4.74 Å². The Morgan fingerprint density at radius 2 is 1.86 bits per heavy atom. The second kappa shape index (κ2) is 5.85. The van der Waals surface area contributed by atoms with Crippen LogP contribution < -0.4 is 10.1 Å². The normalized spacial score (nSPS) is 10.5. The fourth-order valence-corrected chi connectivity index (χ4v) is 2.37. The molecule has 1 amide bonds. The molecule has 0 aliphatic rings. The van der Waals surface area contributed by atoms with Crippen molar-refractivity contribution in [2.24, 2.45) is 0 Å². The van der Waals surface area contributed by atoms with E-state index in [2.05, 4.69) is 10.3 Å². The summed E-state index contributed by atoms with van der Waals surface area (Å²) in [6.07, 6.45) is 1.71. The van der Waals surface area contributed by atoms with E-state index in [-0.39, 0.29) is 5.91 Å². The fourth-order valence-electron chi connectivity index (χ4n) is 2.37. The van der Waals surface area contributed by atoms with Gasteiger partial charge in [-0.2, -0.15) is 0 Å². The molecular weight excluding hydrogens is 276 g/mol. The van der Waals surface area contributed by atoms with Crippen molar-refractivity contribution >= 4 is 22.5 Å². The van der Waals surface area contributed by atoms with Gasteiger partial charge in [0.05, 0.1) is 18.3 Å². The summed E-state index contributed by atoms with van der Waals surface area (Å²) in [6, 6.07) is 14.7. The number of hydrogen-bond acceptors (Lipinski definition) is 3. The first kappa shape index (κ1) is 14.1. The number of amides is 1. The van der Waals surface area contributed by atoms with Crippen LogP contribution in [0.25, 0.3) is 10.9 Å². The Labute approximate surface area is 128 Å². The Kier molecular flexibility index (Phi) is 3.74. The van der Waals surface area contributed by atoms with Gasteiger partial charge in [0.2, 0.25) is 0 Å². The van der Waals surface area contributed by atoms with Gasteiger partial charge < -0.3 is 10.1 Å². The zero-order valence-corrected chi connectivity index (χ0v) is 12.5. The molecule has 0 saturated carbocycles. The van der Waals surface area contributed by atoms with Crippen LogP contribution in [0.3, 0.4) is 0 Å². The molecular formula is C18H16N2O2. The summed E-state index contributed by atoms with van der Waals surface area (Å²) in [5, 5.41) is 3.88. The third kappa shape index (κ3) is 2.63. The molecule has 22 heavy (non-hydrogen) atoms. The molecule has 0 atom stereocenters. The maximum absolute atomic E-state index is 12.4. The lowest BCUT2D eigenvalue weighted by Gasteiger charge is -2.10. The fraction of sp³-hybridized carbons (Fsp3) is 0.111. The first-order valence-electron chi connectivity index (χ1n) is 6.99. The molecule has 1 aromatic heterocycles. The second-order valence-corrected chi connectivity index (χ2v) is 5.01. The largest absolute Gasteiger partial charge is 0.497 e. The quantitative estimate of drug-likeness (QED) is 0.798. The molecule has 4 nitrogen and oxygen atoms in total. The highest BCUT2D eigenvalue weighted by Gasteiger charge is 2.09. The predicted molar refractivity (Wildman–Crippen MR) is 87.4 cm³/mol. The molecule has 2 aromatic carbocycles. The second-order valence-electron chi connectivity index (χ2n) is 5.01. The molecule has 0 fully saturated rings. The van der Waals surface area contributed by atoms with Gasteiger partial charge in [0.25, 0.3) is 5.91 Å². The van der Waals surface area contributed by atoms with Crippen molar-refractivity contribution in [3.8, 4) is 5.75 Å². The highest BCUT2D eigenvalue weighted by atomic mass is 16.5. The van der Waals surface area contributed by atoms with E-state index >= 15 is 0 Å². The molecule has 110 valence electrons. The minimum Gasteiger partial charge on any atom is -0.497 e. The monoisotopic (exact) mass is 292 g/mol. The van der Waals surface area contributed by atoms with Crippen LogP contribution in [-0.4, -0.2) is 18.0 Å². The van der Waals surface area contributed by atoms with Crippen LogP contribution in [0.15, 0.2) is 54.7 Å². The van der Waals surface area contributed by atoms with Crippen LogP contribution in [0.2, 0.25) is 0 Å². The van der Waals surface area contributed by atoms with Crippen molar-refractivity contribution < 1.29 is 9.53 Å². The van der Waals surface area contributed by atoms with E-state index in [0.29, 0.717) is 5.56 Å². The smallest absolute Gasteiger partial charge is 0.255 e. The molecule has 1 N–H and O–H groups in total. The molecule has 0 unspecified atom stereocenters. The Balaban J connectivity index is 1.92. The molecule has 1 heterocycles. The molecule has 0 aliphatic carbocycles. The number of anilines is 1. The lowest BCUT2D eigenvalue weighted by Crippen LogP contribution is -2.12. The van der Waals surface area contributed by atoms with E-state index < -0.39 is 0 Å². The summed E-state index contributed by atoms with van der Waals surface area (Å²) in [4.78, 5) is 16.7. The maximum atomic E-state index is 12.4. The number of para-hydroxylation sites is 1. The molecule has 3 aromatic rings. The van der Waals surface area contributed by atoms with Crippen LogP contribution in [0.1, 0.15) is 15.9 Å².